The number of benzene rings is 3. The molecule has 3 aromatic carbocycles. The summed E-state index contributed by atoms with van der Waals surface area (Å²) in [5, 5.41) is 8.61. The maximum absolute atomic E-state index is 13.2. The van der Waals surface area contributed by atoms with Crippen LogP contribution in [0.5, 0.6) is 0 Å². The van der Waals surface area contributed by atoms with Crippen molar-refractivity contribution in [1.29, 1.82) is 0 Å². The van der Waals surface area contributed by atoms with Gasteiger partial charge in [-0.3, -0.25) is 14.5 Å². The van der Waals surface area contributed by atoms with E-state index in [9.17, 15) is 9.59 Å². The van der Waals surface area contributed by atoms with Crippen LogP contribution in [0, 0.1) is 0 Å². The lowest BCUT2D eigenvalue weighted by atomic mass is 9.94. The molecule has 1 atom stereocenters. The van der Waals surface area contributed by atoms with Crippen molar-refractivity contribution in [3.05, 3.63) is 83.7 Å². The molecule has 8 heteroatoms. The molecule has 6 rings (SSSR count). The zero-order valence-electron chi connectivity index (χ0n) is 18.4. The minimum Gasteiger partial charge on any atom is -0.274 e. The Bertz CT molecular complexity index is 1390. The molecule has 2 aliphatic heterocycles. The van der Waals surface area contributed by atoms with E-state index in [1.54, 1.807) is 0 Å². The number of hydrogen-bond acceptors (Lipinski definition) is 4. The molecule has 170 valence electrons. The second kappa shape index (κ2) is 8.67. The van der Waals surface area contributed by atoms with Crippen molar-refractivity contribution in [1.82, 2.24) is 14.7 Å². The number of carbonyl (C=O) groups is 2. The Kier molecular flexibility index (Phi) is 5.50. The van der Waals surface area contributed by atoms with Crippen molar-refractivity contribution in [3.63, 3.8) is 0 Å². The first kappa shape index (κ1) is 21.6. The van der Waals surface area contributed by atoms with Gasteiger partial charge in [-0.15, -0.1) is 0 Å². The molecule has 1 aromatic heterocycles. The average Bonchev–Trinajstić information content (AvgIpc) is 3.43. The summed E-state index contributed by atoms with van der Waals surface area (Å²) < 4.78 is 4.32. The van der Waals surface area contributed by atoms with Gasteiger partial charge in [-0.1, -0.05) is 63.1 Å². The van der Waals surface area contributed by atoms with Gasteiger partial charge in [-0.25, -0.2) is 0 Å². The quantitative estimate of drug-likeness (QED) is 0.207. The lowest BCUT2D eigenvalue weighted by Crippen LogP contribution is -2.41. The number of amides is 2. The summed E-state index contributed by atoms with van der Waals surface area (Å²) in [5.41, 5.74) is 2.28. The van der Waals surface area contributed by atoms with Crippen LogP contribution in [0.2, 0.25) is 0 Å². The molecule has 0 unspecified atom stereocenters. The summed E-state index contributed by atoms with van der Waals surface area (Å²) in [6.45, 7) is 0.356. The second-order valence-corrected chi connectivity index (χ2v) is 10.1. The molecule has 0 fully saturated rings. The number of fused-ring (bicyclic) bond motifs is 1. The number of hydrogen-bond donors (Lipinski definition) is 0. The Morgan fingerprint density at radius 1 is 0.971 bits per heavy atom. The standard InChI is InChI=1S/C26H22BrN4O2S/c27-15-19-16-34-26-30(18-9-2-1-3-10-18)22(28-31(19)26)13-6-14-29-24(32)20-11-4-7-17-8-5-12-21(23(17)20)25(29)33/h1-5,7-12,19H,6,13-16H2/q+1/t19-/m0/s1. The van der Waals surface area contributed by atoms with Gasteiger partial charge < -0.3 is 0 Å². The molecule has 3 heterocycles. The highest BCUT2D eigenvalue weighted by Crippen LogP contribution is 2.33. The van der Waals surface area contributed by atoms with Gasteiger partial charge >= 0.3 is 5.16 Å². The van der Waals surface area contributed by atoms with Crippen LogP contribution in [-0.4, -0.2) is 44.1 Å². The number of carbonyl (C=O) groups excluding carboxylic acids is 2. The minimum absolute atomic E-state index is 0.215. The molecule has 2 aliphatic rings. The third-order valence-corrected chi connectivity index (χ3v) is 8.38. The largest absolute Gasteiger partial charge is 0.301 e. The fraction of sp³-hybridized carbons (Fsp3) is 0.231. The van der Waals surface area contributed by atoms with E-state index in [1.165, 1.54) is 4.90 Å². The Morgan fingerprint density at radius 3 is 2.35 bits per heavy atom. The summed E-state index contributed by atoms with van der Waals surface area (Å²) >= 11 is 5.42. The Balaban J connectivity index is 1.27. The normalized spacial score (nSPS) is 17.0. The Morgan fingerprint density at radius 2 is 1.68 bits per heavy atom. The fourth-order valence-electron chi connectivity index (χ4n) is 4.82. The number of alkyl halides is 1. The smallest absolute Gasteiger partial charge is 0.274 e. The number of rotatable bonds is 6. The molecule has 2 amide bonds. The van der Waals surface area contributed by atoms with Gasteiger partial charge in [-0.2, -0.15) is 4.57 Å². The molecule has 0 spiro atoms. The maximum Gasteiger partial charge on any atom is 0.301 e. The monoisotopic (exact) mass is 533 g/mol. The number of aryl methyl sites for hydroxylation is 1. The van der Waals surface area contributed by atoms with E-state index in [2.05, 4.69) is 37.3 Å². The average molecular weight is 534 g/mol. The van der Waals surface area contributed by atoms with Crippen LogP contribution in [0.15, 0.2) is 71.9 Å². The molecule has 6 nitrogen and oxygen atoms in total. The number of aromatic nitrogens is 3. The van der Waals surface area contributed by atoms with Crippen LogP contribution in [0.25, 0.3) is 16.5 Å². The van der Waals surface area contributed by atoms with E-state index in [4.69, 9.17) is 5.10 Å². The topological polar surface area (TPSA) is 59.1 Å². The van der Waals surface area contributed by atoms with Gasteiger partial charge in [-0.05, 0) is 47.8 Å². The molecule has 0 saturated heterocycles. The zero-order valence-corrected chi connectivity index (χ0v) is 20.8. The summed E-state index contributed by atoms with van der Waals surface area (Å²) in [6, 6.07) is 21.8. The van der Waals surface area contributed by atoms with Crippen molar-refractivity contribution in [2.24, 2.45) is 0 Å². The Hall–Kier alpha value is -2.97. The van der Waals surface area contributed by atoms with Crippen LogP contribution in [0.3, 0.4) is 0 Å². The fourth-order valence-corrected chi connectivity index (χ4v) is 6.89. The molecule has 0 radical (unpaired) electrons. The van der Waals surface area contributed by atoms with Crippen molar-refractivity contribution >= 4 is 50.3 Å². The van der Waals surface area contributed by atoms with Crippen molar-refractivity contribution < 1.29 is 14.2 Å². The highest BCUT2D eigenvalue weighted by atomic mass is 79.9. The van der Waals surface area contributed by atoms with Crippen LogP contribution < -0.4 is 4.57 Å². The van der Waals surface area contributed by atoms with Crippen LogP contribution in [0.4, 0.5) is 0 Å². The van der Waals surface area contributed by atoms with E-state index in [0.717, 1.165) is 38.5 Å². The molecule has 34 heavy (non-hydrogen) atoms. The summed E-state index contributed by atoms with van der Waals surface area (Å²) in [5.74, 6) is 1.50. The van der Waals surface area contributed by atoms with Gasteiger partial charge in [0.2, 0.25) is 0 Å². The molecule has 0 aliphatic carbocycles. The van der Waals surface area contributed by atoms with Gasteiger partial charge in [0.05, 0.1) is 0 Å². The van der Waals surface area contributed by atoms with Crippen LogP contribution >= 0.6 is 27.7 Å². The van der Waals surface area contributed by atoms with E-state index >= 15 is 0 Å². The SMILES string of the molecule is O=C1c2cccc3cccc(c23)C(=O)N1CCCc1nn2c([n+]1-c1ccccc1)SC[C@@H]2CBr. The highest BCUT2D eigenvalue weighted by Gasteiger charge is 2.38. The third-order valence-electron chi connectivity index (χ3n) is 6.45. The van der Waals surface area contributed by atoms with Gasteiger partial charge in [0.1, 0.15) is 11.7 Å². The summed E-state index contributed by atoms with van der Waals surface area (Å²) in [4.78, 5) is 27.8. The number of imide groups is 1. The number of thioether (sulfide) groups is 1. The number of nitrogens with zero attached hydrogens (tertiary/aromatic N) is 4. The van der Waals surface area contributed by atoms with E-state index in [1.807, 2.05) is 66.4 Å². The lowest BCUT2D eigenvalue weighted by molar-refractivity contribution is -0.645. The maximum atomic E-state index is 13.2. The molecule has 0 saturated carbocycles. The molecule has 0 N–H and O–H groups in total. The number of halogens is 1. The van der Waals surface area contributed by atoms with Gasteiger partial charge in [0.15, 0.2) is 0 Å². The van der Waals surface area contributed by atoms with E-state index < -0.39 is 0 Å². The first-order valence-corrected chi connectivity index (χ1v) is 13.4. The molecule has 0 bridgehead atoms. The highest BCUT2D eigenvalue weighted by molar-refractivity contribution is 9.09. The van der Waals surface area contributed by atoms with E-state index in [-0.39, 0.29) is 11.8 Å². The number of para-hydroxylation sites is 1. The molecule has 4 aromatic rings. The first-order chi connectivity index (χ1) is 16.7. The van der Waals surface area contributed by atoms with Crippen molar-refractivity contribution in [3.8, 4) is 5.69 Å². The Labute approximate surface area is 209 Å². The van der Waals surface area contributed by atoms with Gasteiger partial charge in [0, 0.05) is 45.7 Å². The molecular weight excluding hydrogens is 512 g/mol. The van der Waals surface area contributed by atoms with E-state index in [0.29, 0.717) is 36.6 Å². The minimum atomic E-state index is -0.215. The van der Waals surface area contributed by atoms with Crippen molar-refractivity contribution in [2.45, 2.75) is 24.0 Å². The van der Waals surface area contributed by atoms with Crippen molar-refractivity contribution in [2.75, 3.05) is 17.6 Å². The van der Waals surface area contributed by atoms with Crippen LogP contribution in [0.1, 0.15) is 39.0 Å². The predicted molar refractivity (Wildman–Crippen MR) is 135 cm³/mol. The summed E-state index contributed by atoms with van der Waals surface area (Å²) in [6.07, 6.45) is 1.30. The molecular formula is C26H22BrN4O2S+. The summed E-state index contributed by atoms with van der Waals surface area (Å²) in [7, 11) is 0. The lowest BCUT2D eigenvalue weighted by Gasteiger charge is -2.27. The predicted octanol–water partition coefficient (Wildman–Crippen LogP) is 4.58. The zero-order chi connectivity index (χ0) is 23.2. The first-order valence-electron chi connectivity index (χ1n) is 11.3. The third kappa shape index (κ3) is 3.39. The van der Waals surface area contributed by atoms with Crippen LogP contribution in [-0.2, 0) is 6.42 Å². The van der Waals surface area contributed by atoms with Gasteiger partial charge in [0.25, 0.3) is 17.6 Å². The second-order valence-electron chi connectivity index (χ2n) is 8.51.